The van der Waals surface area contributed by atoms with E-state index in [1.807, 2.05) is 0 Å². The van der Waals surface area contributed by atoms with Crippen molar-refractivity contribution in [2.24, 2.45) is 0 Å². The average molecular weight is 280 g/mol. The molecule has 0 unspecified atom stereocenters. The lowest BCUT2D eigenvalue weighted by Crippen LogP contribution is -2.21. The number of rotatable bonds is 7. The summed E-state index contributed by atoms with van der Waals surface area (Å²) in [5, 5.41) is 8.49. The van der Waals surface area contributed by atoms with E-state index in [0.717, 1.165) is 0 Å². The van der Waals surface area contributed by atoms with Crippen LogP contribution in [0.5, 0.6) is 0 Å². The minimum absolute atomic E-state index is 0.0629. The van der Waals surface area contributed by atoms with Gasteiger partial charge in [0.25, 0.3) is 0 Å². The molecule has 1 rings (SSSR count). The molecule has 0 heterocycles. The molecular weight excluding hydrogens is 264 g/mol. The number of carbonyl (C=O) groups is 3. The molecule has 6 heteroatoms. The second kappa shape index (κ2) is 7.93. The standard InChI is InChI=1S/C14H16O6/c1-19-14(18)13(10-6-3-2-4-7-10)20-12(17)9-5-8-11(15)16/h2-4,6-7,13H,5,8-9H2,1H3,(H,15,16)/t13-/m0/s1. The van der Waals surface area contributed by atoms with Gasteiger partial charge < -0.3 is 14.6 Å². The number of carbonyl (C=O) groups excluding carboxylic acids is 2. The van der Waals surface area contributed by atoms with Crippen LogP contribution >= 0.6 is 0 Å². The van der Waals surface area contributed by atoms with E-state index in [-0.39, 0.29) is 19.3 Å². The number of carboxylic acid groups (broad SMARTS) is 1. The van der Waals surface area contributed by atoms with Crippen molar-refractivity contribution in [2.45, 2.75) is 25.4 Å². The molecule has 6 nitrogen and oxygen atoms in total. The van der Waals surface area contributed by atoms with E-state index >= 15 is 0 Å². The second-order valence-corrected chi connectivity index (χ2v) is 4.05. The molecular formula is C14H16O6. The molecule has 0 saturated heterocycles. The van der Waals surface area contributed by atoms with Crippen molar-refractivity contribution in [3.63, 3.8) is 0 Å². The summed E-state index contributed by atoms with van der Waals surface area (Å²) in [5.74, 6) is -2.29. The van der Waals surface area contributed by atoms with Gasteiger partial charge in [0.1, 0.15) is 0 Å². The SMILES string of the molecule is COC(=O)[C@@H](OC(=O)CCCC(=O)O)c1ccccc1. The molecule has 0 spiro atoms. The number of ether oxygens (including phenoxy) is 2. The maximum Gasteiger partial charge on any atom is 0.351 e. The van der Waals surface area contributed by atoms with Crippen LogP contribution in [0.2, 0.25) is 0 Å². The number of carboxylic acids is 1. The summed E-state index contributed by atoms with van der Waals surface area (Å²) in [7, 11) is 1.20. The Labute approximate surface area is 116 Å². The van der Waals surface area contributed by atoms with E-state index in [0.29, 0.717) is 5.56 Å². The molecule has 0 aliphatic carbocycles. The molecule has 0 saturated carbocycles. The van der Waals surface area contributed by atoms with Gasteiger partial charge >= 0.3 is 17.9 Å². The maximum atomic E-state index is 11.6. The van der Waals surface area contributed by atoms with Crippen LogP contribution in [0.25, 0.3) is 0 Å². The Morgan fingerprint density at radius 2 is 1.80 bits per heavy atom. The number of benzene rings is 1. The van der Waals surface area contributed by atoms with E-state index in [1.54, 1.807) is 30.3 Å². The van der Waals surface area contributed by atoms with Gasteiger partial charge in [-0.05, 0) is 6.42 Å². The first-order valence-corrected chi connectivity index (χ1v) is 6.08. The average Bonchev–Trinajstić information content (AvgIpc) is 2.44. The monoisotopic (exact) mass is 280 g/mol. The van der Waals surface area contributed by atoms with E-state index in [4.69, 9.17) is 9.84 Å². The molecule has 1 N–H and O–H groups in total. The van der Waals surface area contributed by atoms with E-state index in [1.165, 1.54) is 7.11 Å². The number of hydrogen-bond acceptors (Lipinski definition) is 5. The molecule has 0 fully saturated rings. The van der Waals surface area contributed by atoms with Gasteiger partial charge in [-0.25, -0.2) is 4.79 Å². The summed E-state index contributed by atoms with van der Waals surface area (Å²) in [6, 6.07) is 8.48. The first kappa shape index (κ1) is 15.7. The lowest BCUT2D eigenvalue weighted by molar-refractivity contribution is -0.166. The Balaban J connectivity index is 2.64. The number of aliphatic carboxylic acids is 1. The van der Waals surface area contributed by atoms with Crippen molar-refractivity contribution >= 4 is 17.9 Å². The summed E-state index contributed by atoms with van der Waals surface area (Å²) in [6.07, 6.45) is -1.15. The molecule has 1 aromatic carbocycles. The summed E-state index contributed by atoms with van der Waals surface area (Å²) in [5.41, 5.74) is 0.505. The molecule has 0 radical (unpaired) electrons. The van der Waals surface area contributed by atoms with E-state index in [9.17, 15) is 14.4 Å². The van der Waals surface area contributed by atoms with Gasteiger partial charge in [0.15, 0.2) is 0 Å². The van der Waals surface area contributed by atoms with E-state index in [2.05, 4.69) is 4.74 Å². The largest absolute Gasteiger partial charge is 0.481 e. The summed E-state index contributed by atoms with van der Waals surface area (Å²) < 4.78 is 9.66. The molecule has 1 aromatic rings. The van der Waals surface area contributed by atoms with Gasteiger partial charge in [0, 0.05) is 18.4 Å². The van der Waals surface area contributed by atoms with Crippen LogP contribution in [-0.4, -0.2) is 30.1 Å². The predicted molar refractivity (Wildman–Crippen MR) is 68.8 cm³/mol. The molecule has 108 valence electrons. The van der Waals surface area contributed by atoms with Crippen molar-refractivity contribution in [1.82, 2.24) is 0 Å². The summed E-state index contributed by atoms with van der Waals surface area (Å²) in [6.45, 7) is 0. The van der Waals surface area contributed by atoms with Gasteiger partial charge in [0.2, 0.25) is 6.10 Å². The van der Waals surface area contributed by atoms with Crippen molar-refractivity contribution in [2.75, 3.05) is 7.11 Å². The van der Waals surface area contributed by atoms with Crippen molar-refractivity contribution in [3.8, 4) is 0 Å². The van der Waals surface area contributed by atoms with Crippen molar-refractivity contribution < 1.29 is 29.0 Å². The summed E-state index contributed by atoms with van der Waals surface area (Å²) in [4.78, 5) is 33.6. The fourth-order valence-electron chi connectivity index (χ4n) is 1.56. The normalized spacial score (nSPS) is 11.4. The molecule has 0 aliphatic rings. The van der Waals surface area contributed by atoms with Gasteiger partial charge in [-0.3, -0.25) is 9.59 Å². The molecule has 1 atom stereocenters. The van der Waals surface area contributed by atoms with Crippen LogP contribution < -0.4 is 0 Å². The van der Waals surface area contributed by atoms with Crippen LogP contribution in [0, 0.1) is 0 Å². The van der Waals surface area contributed by atoms with Gasteiger partial charge in [-0.15, -0.1) is 0 Å². The number of esters is 2. The topological polar surface area (TPSA) is 89.9 Å². The fraction of sp³-hybridized carbons (Fsp3) is 0.357. The second-order valence-electron chi connectivity index (χ2n) is 4.05. The Bertz CT molecular complexity index is 468. The van der Waals surface area contributed by atoms with E-state index < -0.39 is 24.0 Å². The van der Waals surface area contributed by atoms with Crippen molar-refractivity contribution in [1.29, 1.82) is 0 Å². The minimum Gasteiger partial charge on any atom is -0.481 e. The Hall–Kier alpha value is -2.37. The molecule has 20 heavy (non-hydrogen) atoms. The zero-order chi connectivity index (χ0) is 15.0. The first-order valence-electron chi connectivity index (χ1n) is 6.08. The smallest absolute Gasteiger partial charge is 0.351 e. The zero-order valence-electron chi connectivity index (χ0n) is 11.1. The highest BCUT2D eigenvalue weighted by molar-refractivity contribution is 5.80. The summed E-state index contributed by atoms with van der Waals surface area (Å²) >= 11 is 0. The predicted octanol–water partition coefficient (Wildman–Crippen LogP) is 1.70. The number of hydrogen-bond donors (Lipinski definition) is 1. The molecule has 0 aliphatic heterocycles. The van der Waals surface area contributed by atoms with Gasteiger partial charge in [-0.1, -0.05) is 30.3 Å². The molecule has 0 amide bonds. The Morgan fingerprint density at radius 1 is 1.15 bits per heavy atom. The van der Waals surface area contributed by atoms with Crippen LogP contribution in [-0.2, 0) is 23.9 Å². The first-order chi connectivity index (χ1) is 9.54. The minimum atomic E-state index is -1.13. The van der Waals surface area contributed by atoms with Gasteiger partial charge in [0.05, 0.1) is 7.11 Å². The number of methoxy groups -OCH3 is 1. The highest BCUT2D eigenvalue weighted by atomic mass is 16.6. The highest BCUT2D eigenvalue weighted by Crippen LogP contribution is 2.19. The lowest BCUT2D eigenvalue weighted by atomic mass is 10.1. The third-order valence-corrected chi connectivity index (χ3v) is 2.54. The van der Waals surface area contributed by atoms with Crippen LogP contribution in [0.3, 0.4) is 0 Å². The third kappa shape index (κ3) is 5.09. The van der Waals surface area contributed by atoms with Crippen LogP contribution in [0.15, 0.2) is 30.3 Å². The quantitative estimate of drug-likeness (QED) is 0.764. The Morgan fingerprint density at radius 3 is 2.35 bits per heavy atom. The Kier molecular flexibility index (Phi) is 6.22. The highest BCUT2D eigenvalue weighted by Gasteiger charge is 2.25. The van der Waals surface area contributed by atoms with Gasteiger partial charge in [-0.2, -0.15) is 0 Å². The van der Waals surface area contributed by atoms with Crippen LogP contribution in [0.1, 0.15) is 30.9 Å². The molecule has 0 bridgehead atoms. The molecule has 0 aromatic heterocycles. The third-order valence-electron chi connectivity index (χ3n) is 2.54. The zero-order valence-corrected chi connectivity index (χ0v) is 11.1. The maximum absolute atomic E-state index is 11.6. The lowest BCUT2D eigenvalue weighted by Gasteiger charge is -2.15. The van der Waals surface area contributed by atoms with Crippen molar-refractivity contribution in [3.05, 3.63) is 35.9 Å². The van der Waals surface area contributed by atoms with Crippen LogP contribution in [0.4, 0.5) is 0 Å². The fourth-order valence-corrected chi connectivity index (χ4v) is 1.56.